The molecule has 0 radical (unpaired) electrons. The maximum absolute atomic E-state index is 13.8. The zero-order valence-corrected chi connectivity index (χ0v) is 23.7. The zero-order valence-electron chi connectivity index (χ0n) is 22.8. The number of sulfonamides is 1. The number of aliphatic hydroxyl groups excluding tert-OH is 1. The number of aliphatic hydroxyl groups is 1. The van der Waals surface area contributed by atoms with Crippen molar-refractivity contribution in [1.29, 1.82) is 0 Å². The summed E-state index contributed by atoms with van der Waals surface area (Å²) in [7, 11) is -3.62. The number of hydrogen-bond donors (Lipinski definition) is 3. The minimum Gasteiger partial charge on any atom is -0.390 e. The molecular weight excluding hydrogens is 524 g/mol. The molecule has 2 aromatic carbocycles. The molecule has 0 spiro atoms. The van der Waals surface area contributed by atoms with E-state index in [9.17, 15) is 27.1 Å². The van der Waals surface area contributed by atoms with Gasteiger partial charge in [-0.25, -0.2) is 21.5 Å². The number of benzene rings is 2. The molecule has 10 heteroatoms. The van der Waals surface area contributed by atoms with Crippen molar-refractivity contribution in [1.82, 2.24) is 14.9 Å². The number of hydrogen-bond acceptors (Lipinski definition) is 5. The molecule has 3 N–H and O–H groups in total. The summed E-state index contributed by atoms with van der Waals surface area (Å²) in [4.78, 5) is 12.8. The Morgan fingerprint density at radius 1 is 1.05 bits per heavy atom. The minimum atomic E-state index is -3.62. The summed E-state index contributed by atoms with van der Waals surface area (Å²) in [5.74, 6) is -1.79. The average molecular weight is 566 g/mol. The molecular formula is C29H41F2N3O4S. The van der Waals surface area contributed by atoms with Crippen LogP contribution in [-0.2, 0) is 27.8 Å². The smallest absolute Gasteiger partial charge is 0.221 e. The Morgan fingerprint density at radius 3 is 2.33 bits per heavy atom. The fourth-order valence-corrected chi connectivity index (χ4v) is 6.29. The van der Waals surface area contributed by atoms with Crippen LogP contribution in [0.1, 0.15) is 68.6 Å². The Bertz CT molecular complexity index is 1160. The quantitative estimate of drug-likeness (QED) is 0.271. The van der Waals surface area contributed by atoms with Crippen molar-refractivity contribution in [2.75, 3.05) is 25.4 Å². The monoisotopic (exact) mass is 565 g/mol. The molecule has 0 unspecified atom stereocenters. The van der Waals surface area contributed by atoms with E-state index in [-0.39, 0.29) is 30.7 Å². The van der Waals surface area contributed by atoms with E-state index >= 15 is 0 Å². The van der Waals surface area contributed by atoms with Crippen LogP contribution in [0.4, 0.5) is 8.78 Å². The fourth-order valence-electron chi connectivity index (χ4n) is 4.66. The van der Waals surface area contributed by atoms with E-state index in [1.54, 1.807) is 0 Å². The second kappa shape index (κ2) is 14.8. The molecule has 1 aliphatic rings. The molecule has 0 bridgehead atoms. The highest BCUT2D eigenvalue weighted by Gasteiger charge is 2.26. The summed E-state index contributed by atoms with van der Waals surface area (Å²) in [6, 6.07) is 10.5. The van der Waals surface area contributed by atoms with Crippen LogP contribution in [-0.4, -0.2) is 61.3 Å². The SMILES string of the molecule is CCCN(CCC)S(=O)(=O)CCC(=O)N[C@@H](Cc1cc(F)cc(F)c1)[C@H](O)CNCc1cccc(C2CC2)c1. The summed E-state index contributed by atoms with van der Waals surface area (Å²) in [5.41, 5.74) is 2.66. The molecule has 39 heavy (non-hydrogen) atoms. The van der Waals surface area contributed by atoms with Crippen molar-refractivity contribution >= 4 is 15.9 Å². The Labute approximate surface area is 231 Å². The summed E-state index contributed by atoms with van der Waals surface area (Å²) >= 11 is 0. The van der Waals surface area contributed by atoms with Gasteiger partial charge in [-0.2, -0.15) is 0 Å². The van der Waals surface area contributed by atoms with Gasteiger partial charge >= 0.3 is 0 Å². The molecule has 0 heterocycles. The van der Waals surface area contributed by atoms with E-state index in [4.69, 9.17) is 0 Å². The van der Waals surface area contributed by atoms with Crippen molar-refractivity contribution in [3.8, 4) is 0 Å². The molecule has 7 nitrogen and oxygen atoms in total. The van der Waals surface area contributed by atoms with Crippen molar-refractivity contribution in [3.05, 3.63) is 70.8 Å². The molecule has 2 atom stereocenters. The summed E-state index contributed by atoms with van der Waals surface area (Å²) in [6.45, 7) is 5.19. The van der Waals surface area contributed by atoms with Gasteiger partial charge in [0.1, 0.15) is 11.6 Å². The maximum Gasteiger partial charge on any atom is 0.221 e. The molecule has 1 amide bonds. The third-order valence-electron chi connectivity index (χ3n) is 6.80. The van der Waals surface area contributed by atoms with E-state index in [1.807, 2.05) is 26.0 Å². The normalized spacial score (nSPS) is 15.3. The van der Waals surface area contributed by atoms with E-state index in [1.165, 1.54) is 22.7 Å². The van der Waals surface area contributed by atoms with Gasteiger partial charge in [0.25, 0.3) is 0 Å². The maximum atomic E-state index is 13.8. The molecule has 1 saturated carbocycles. The van der Waals surface area contributed by atoms with Crippen LogP contribution in [0.5, 0.6) is 0 Å². The zero-order chi connectivity index (χ0) is 28.4. The van der Waals surface area contributed by atoms with Crippen LogP contribution in [0.3, 0.4) is 0 Å². The third-order valence-corrected chi connectivity index (χ3v) is 8.67. The second-order valence-corrected chi connectivity index (χ2v) is 12.4. The van der Waals surface area contributed by atoms with Crippen LogP contribution >= 0.6 is 0 Å². The van der Waals surface area contributed by atoms with Crippen LogP contribution in [0.15, 0.2) is 42.5 Å². The van der Waals surface area contributed by atoms with Gasteiger partial charge in [-0.15, -0.1) is 0 Å². The number of carbonyl (C=O) groups excluding carboxylic acids is 1. The number of nitrogens with zero attached hydrogens (tertiary/aromatic N) is 1. The van der Waals surface area contributed by atoms with Gasteiger partial charge in [-0.1, -0.05) is 38.1 Å². The third kappa shape index (κ3) is 10.3. The largest absolute Gasteiger partial charge is 0.390 e. The van der Waals surface area contributed by atoms with Crippen LogP contribution in [0.25, 0.3) is 0 Å². The van der Waals surface area contributed by atoms with Gasteiger partial charge in [0.15, 0.2) is 0 Å². The van der Waals surface area contributed by atoms with E-state index in [0.717, 1.165) is 23.8 Å². The predicted molar refractivity (Wildman–Crippen MR) is 149 cm³/mol. The van der Waals surface area contributed by atoms with Crippen molar-refractivity contribution in [3.63, 3.8) is 0 Å². The molecule has 1 fully saturated rings. The summed E-state index contributed by atoms with van der Waals surface area (Å²) in [5, 5.41) is 16.9. The molecule has 216 valence electrons. The van der Waals surface area contributed by atoms with E-state index in [0.29, 0.717) is 38.4 Å². The van der Waals surface area contributed by atoms with Crippen LogP contribution < -0.4 is 10.6 Å². The highest BCUT2D eigenvalue weighted by molar-refractivity contribution is 7.89. The lowest BCUT2D eigenvalue weighted by atomic mass is 10.00. The Balaban J connectivity index is 1.63. The summed E-state index contributed by atoms with van der Waals surface area (Å²) < 4.78 is 54.5. The summed E-state index contributed by atoms with van der Waals surface area (Å²) in [6.07, 6.45) is 2.35. The van der Waals surface area contributed by atoms with Gasteiger partial charge in [-0.3, -0.25) is 4.79 Å². The van der Waals surface area contributed by atoms with Crippen LogP contribution in [0, 0.1) is 11.6 Å². The highest BCUT2D eigenvalue weighted by atomic mass is 32.2. The number of halogens is 2. The molecule has 3 rings (SSSR count). The van der Waals surface area contributed by atoms with Gasteiger partial charge in [-0.05, 0) is 66.8 Å². The lowest BCUT2D eigenvalue weighted by Crippen LogP contribution is -2.49. The van der Waals surface area contributed by atoms with E-state index in [2.05, 4.69) is 22.8 Å². The Kier molecular flexibility index (Phi) is 11.8. The number of rotatable bonds is 17. The molecule has 1 aliphatic carbocycles. The lowest BCUT2D eigenvalue weighted by Gasteiger charge is -2.25. The first kappa shape index (κ1) is 31.1. The lowest BCUT2D eigenvalue weighted by molar-refractivity contribution is -0.122. The molecule has 0 aromatic heterocycles. The van der Waals surface area contributed by atoms with Crippen molar-refractivity contribution in [2.45, 2.75) is 77.0 Å². The van der Waals surface area contributed by atoms with Gasteiger partial charge < -0.3 is 15.7 Å². The van der Waals surface area contributed by atoms with Crippen LogP contribution in [0.2, 0.25) is 0 Å². The first-order valence-electron chi connectivity index (χ1n) is 13.8. The average Bonchev–Trinajstić information content (AvgIpc) is 3.72. The van der Waals surface area contributed by atoms with Crippen molar-refractivity contribution in [2.24, 2.45) is 0 Å². The topological polar surface area (TPSA) is 98.7 Å². The first-order valence-corrected chi connectivity index (χ1v) is 15.4. The Morgan fingerprint density at radius 2 is 1.72 bits per heavy atom. The Hall–Kier alpha value is -2.40. The number of amides is 1. The van der Waals surface area contributed by atoms with E-state index < -0.39 is 39.7 Å². The van der Waals surface area contributed by atoms with Gasteiger partial charge in [0.05, 0.1) is 17.9 Å². The fraction of sp³-hybridized carbons (Fsp3) is 0.552. The highest BCUT2D eigenvalue weighted by Crippen LogP contribution is 2.40. The molecule has 0 aliphatic heterocycles. The first-order chi connectivity index (χ1) is 18.6. The van der Waals surface area contributed by atoms with Gasteiger partial charge in [0, 0.05) is 38.7 Å². The minimum absolute atomic E-state index is 0.0228. The molecule has 0 saturated heterocycles. The number of carbonyl (C=O) groups is 1. The van der Waals surface area contributed by atoms with Gasteiger partial charge in [0.2, 0.25) is 15.9 Å². The standard InChI is InChI=1S/C29H41F2N3O4S/c1-3-11-34(12-4-2)39(37,38)13-10-29(36)33-27(17-22-15-25(30)18-26(31)16-22)28(35)20-32-19-21-6-5-7-24(14-21)23-8-9-23/h5-7,14-16,18,23,27-28,32,35H,3-4,8-13,17,19-20H2,1-2H3,(H,33,36)/t27-,28+/m0/s1. The number of nitrogens with one attached hydrogen (secondary N) is 2. The second-order valence-electron chi connectivity index (χ2n) is 10.3. The van der Waals surface area contributed by atoms with Crippen molar-refractivity contribution < 1.29 is 27.1 Å². The molecule has 2 aromatic rings. The predicted octanol–water partition coefficient (Wildman–Crippen LogP) is 3.86.